The third-order valence-corrected chi connectivity index (χ3v) is 7.55. The van der Waals surface area contributed by atoms with Crippen LogP contribution in [0.2, 0.25) is 0 Å². The van der Waals surface area contributed by atoms with Crippen molar-refractivity contribution in [1.29, 1.82) is 0 Å². The van der Waals surface area contributed by atoms with E-state index in [0.29, 0.717) is 6.04 Å². The lowest BCUT2D eigenvalue weighted by molar-refractivity contribution is 0.155. The SMILES string of the molecule is CN1CCN(c2cccc3nc(CN(Cc4ccccc4)[C@H]4CCCc5cccnc54)cn23)CC1. The van der Waals surface area contributed by atoms with Gasteiger partial charge in [-0.05, 0) is 55.6 Å². The summed E-state index contributed by atoms with van der Waals surface area (Å²) in [4.78, 5) is 17.4. The van der Waals surface area contributed by atoms with Crippen molar-refractivity contribution in [3.63, 3.8) is 0 Å². The Morgan fingerprint density at radius 1 is 0.914 bits per heavy atom. The maximum absolute atomic E-state index is 5.08. The monoisotopic (exact) mass is 466 g/mol. The van der Waals surface area contributed by atoms with Gasteiger partial charge in [0.05, 0.1) is 17.4 Å². The first kappa shape index (κ1) is 22.3. The van der Waals surface area contributed by atoms with Crippen LogP contribution in [0.15, 0.2) is 73.1 Å². The molecule has 0 radical (unpaired) electrons. The molecule has 3 aromatic heterocycles. The summed E-state index contributed by atoms with van der Waals surface area (Å²) in [7, 11) is 2.20. The van der Waals surface area contributed by atoms with Crippen molar-refractivity contribution in [2.75, 3.05) is 38.1 Å². The molecule has 0 N–H and O–H groups in total. The van der Waals surface area contributed by atoms with E-state index in [1.54, 1.807) is 0 Å². The fraction of sp³-hybridized carbons (Fsp3) is 0.379. The first-order valence-electron chi connectivity index (χ1n) is 12.9. The smallest absolute Gasteiger partial charge is 0.138 e. The van der Waals surface area contributed by atoms with Crippen LogP contribution in [0, 0.1) is 0 Å². The topological polar surface area (TPSA) is 39.9 Å². The lowest BCUT2D eigenvalue weighted by Gasteiger charge is -2.35. The van der Waals surface area contributed by atoms with Gasteiger partial charge < -0.3 is 9.80 Å². The van der Waals surface area contributed by atoms with Crippen molar-refractivity contribution >= 4 is 11.5 Å². The van der Waals surface area contributed by atoms with E-state index in [9.17, 15) is 0 Å². The second-order valence-electron chi connectivity index (χ2n) is 9.98. The van der Waals surface area contributed by atoms with Crippen LogP contribution in [0.4, 0.5) is 5.82 Å². The highest BCUT2D eigenvalue weighted by Gasteiger charge is 2.28. The number of anilines is 1. The van der Waals surface area contributed by atoms with Crippen molar-refractivity contribution < 1.29 is 0 Å². The van der Waals surface area contributed by atoms with Crippen molar-refractivity contribution in [3.8, 4) is 0 Å². The van der Waals surface area contributed by atoms with Gasteiger partial charge in [0.1, 0.15) is 11.5 Å². The van der Waals surface area contributed by atoms with Crippen LogP contribution in [0.5, 0.6) is 0 Å². The molecule has 0 spiro atoms. The highest BCUT2D eigenvalue weighted by molar-refractivity contribution is 5.53. The van der Waals surface area contributed by atoms with Gasteiger partial charge in [0.15, 0.2) is 0 Å². The third kappa shape index (κ3) is 4.68. The molecule has 0 unspecified atom stereocenters. The van der Waals surface area contributed by atoms with Crippen molar-refractivity contribution in [2.24, 2.45) is 0 Å². The summed E-state index contributed by atoms with van der Waals surface area (Å²) < 4.78 is 2.29. The number of hydrogen-bond acceptors (Lipinski definition) is 5. The standard InChI is InChI=1S/C29H34N6/c1-32-16-18-33(19-17-32)28-14-6-13-27-31-25(22-35(27)28)21-34(20-23-8-3-2-4-9-23)26-12-5-10-24-11-7-15-30-29(24)26/h2-4,6-9,11,13-15,22,26H,5,10,12,16-21H2,1H3/t26-/m0/s1. The Bertz CT molecular complexity index is 1270. The largest absolute Gasteiger partial charge is 0.355 e. The predicted molar refractivity (Wildman–Crippen MR) is 141 cm³/mol. The van der Waals surface area contributed by atoms with Gasteiger partial charge in [0.25, 0.3) is 0 Å². The van der Waals surface area contributed by atoms with Crippen LogP contribution in [0.3, 0.4) is 0 Å². The normalized spacial score (nSPS) is 18.8. The Balaban J connectivity index is 1.32. The lowest BCUT2D eigenvalue weighted by Crippen LogP contribution is -2.45. The zero-order valence-electron chi connectivity index (χ0n) is 20.6. The number of benzene rings is 1. The number of rotatable bonds is 6. The molecule has 6 rings (SSSR count). The Labute approximate surface area is 207 Å². The first-order valence-corrected chi connectivity index (χ1v) is 12.9. The summed E-state index contributed by atoms with van der Waals surface area (Å²) in [6, 6.07) is 21.9. The Morgan fingerprint density at radius 2 is 1.77 bits per heavy atom. The van der Waals surface area contributed by atoms with Crippen LogP contribution in [-0.4, -0.2) is 57.4 Å². The summed E-state index contributed by atoms with van der Waals surface area (Å²) in [6.45, 7) is 5.98. The molecule has 1 atom stereocenters. The molecule has 1 aliphatic heterocycles. The van der Waals surface area contributed by atoms with Crippen molar-refractivity contribution in [3.05, 3.63) is 95.6 Å². The van der Waals surface area contributed by atoms with Crippen molar-refractivity contribution in [2.45, 2.75) is 38.4 Å². The first-order chi connectivity index (χ1) is 17.2. The molecular formula is C29H34N6. The molecule has 0 amide bonds. The fourth-order valence-corrected chi connectivity index (χ4v) is 5.66. The molecule has 0 saturated carbocycles. The number of pyridine rings is 2. The number of aryl methyl sites for hydroxylation is 1. The van der Waals surface area contributed by atoms with E-state index in [1.165, 1.54) is 29.1 Å². The van der Waals surface area contributed by atoms with Crippen LogP contribution < -0.4 is 4.90 Å². The molecule has 2 aliphatic rings. The molecule has 35 heavy (non-hydrogen) atoms. The number of imidazole rings is 1. The summed E-state index contributed by atoms with van der Waals surface area (Å²) in [6.07, 6.45) is 7.67. The van der Waals surface area contributed by atoms with E-state index in [1.807, 2.05) is 6.20 Å². The molecule has 4 heterocycles. The minimum Gasteiger partial charge on any atom is -0.355 e. The molecule has 1 fully saturated rings. The maximum Gasteiger partial charge on any atom is 0.138 e. The molecule has 6 nitrogen and oxygen atoms in total. The summed E-state index contributed by atoms with van der Waals surface area (Å²) in [5.41, 5.74) is 6.12. The zero-order valence-corrected chi connectivity index (χ0v) is 20.6. The van der Waals surface area contributed by atoms with E-state index in [4.69, 9.17) is 9.97 Å². The van der Waals surface area contributed by atoms with Crippen LogP contribution in [0.25, 0.3) is 5.65 Å². The molecule has 6 heteroatoms. The number of piperazine rings is 1. The summed E-state index contributed by atoms with van der Waals surface area (Å²) in [5, 5.41) is 0. The molecule has 180 valence electrons. The van der Waals surface area contributed by atoms with Gasteiger partial charge in [-0.1, -0.05) is 42.5 Å². The predicted octanol–water partition coefficient (Wildman–Crippen LogP) is 4.56. The minimum absolute atomic E-state index is 0.307. The highest BCUT2D eigenvalue weighted by atomic mass is 15.3. The highest BCUT2D eigenvalue weighted by Crippen LogP contribution is 2.35. The average molecular weight is 467 g/mol. The van der Waals surface area contributed by atoms with Gasteiger partial charge >= 0.3 is 0 Å². The zero-order chi connectivity index (χ0) is 23.6. The van der Waals surface area contributed by atoms with E-state index in [-0.39, 0.29) is 0 Å². The maximum atomic E-state index is 5.08. The average Bonchev–Trinajstić information content (AvgIpc) is 3.32. The number of nitrogens with zero attached hydrogens (tertiary/aromatic N) is 6. The van der Waals surface area contributed by atoms with Crippen LogP contribution >= 0.6 is 0 Å². The second kappa shape index (κ2) is 9.80. The molecular weight excluding hydrogens is 432 g/mol. The van der Waals surface area contributed by atoms with Gasteiger partial charge in [0, 0.05) is 51.7 Å². The number of fused-ring (bicyclic) bond motifs is 2. The Morgan fingerprint density at radius 3 is 2.63 bits per heavy atom. The van der Waals surface area contributed by atoms with E-state index in [2.05, 4.69) is 93.0 Å². The summed E-state index contributed by atoms with van der Waals surface area (Å²) >= 11 is 0. The number of hydrogen-bond donors (Lipinski definition) is 0. The second-order valence-corrected chi connectivity index (χ2v) is 9.98. The Kier molecular flexibility index (Phi) is 6.23. The molecule has 1 saturated heterocycles. The van der Waals surface area contributed by atoms with Crippen LogP contribution in [0.1, 0.15) is 41.4 Å². The molecule has 0 bridgehead atoms. The van der Waals surface area contributed by atoms with E-state index >= 15 is 0 Å². The van der Waals surface area contributed by atoms with Gasteiger partial charge in [-0.2, -0.15) is 0 Å². The third-order valence-electron chi connectivity index (χ3n) is 7.55. The van der Waals surface area contributed by atoms with Gasteiger partial charge in [-0.15, -0.1) is 0 Å². The Hall–Kier alpha value is -3.22. The van der Waals surface area contributed by atoms with Gasteiger partial charge in [-0.25, -0.2) is 4.98 Å². The molecule has 1 aromatic carbocycles. The van der Waals surface area contributed by atoms with Gasteiger partial charge in [-0.3, -0.25) is 14.3 Å². The van der Waals surface area contributed by atoms with Crippen LogP contribution in [-0.2, 0) is 19.5 Å². The molecule has 1 aliphatic carbocycles. The fourth-order valence-electron chi connectivity index (χ4n) is 5.66. The quantitative estimate of drug-likeness (QED) is 0.417. The number of aromatic nitrogens is 3. The lowest BCUT2D eigenvalue weighted by atomic mass is 9.90. The van der Waals surface area contributed by atoms with E-state index < -0.39 is 0 Å². The molecule has 4 aromatic rings. The van der Waals surface area contributed by atoms with Crippen molar-refractivity contribution in [1.82, 2.24) is 24.2 Å². The van der Waals surface area contributed by atoms with Gasteiger partial charge in [0.2, 0.25) is 0 Å². The minimum atomic E-state index is 0.307. The number of likely N-dealkylation sites (N-methyl/N-ethyl adjacent to an activating group) is 1. The van der Waals surface area contributed by atoms with E-state index in [0.717, 1.165) is 63.5 Å². The summed E-state index contributed by atoms with van der Waals surface area (Å²) in [5.74, 6) is 1.24.